The zero-order valence-corrected chi connectivity index (χ0v) is 51.3. The minimum absolute atomic E-state index is 0.0772. The normalized spacial score (nSPS) is 12.2. The van der Waals surface area contributed by atoms with Crippen molar-refractivity contribution < 1.29 is 28.6 Å². The minimum atomic E-state index is -0.780. The van der Waals surface area contributed by atoms with Gasteiger partial charge < -0.3 is 14.2 Å². The summed E-state index contributed by atoms with van der Waals surface area (Å²) in [5.74, 6) is -0.885. The van der Waals surface area contributed by atoms with E-state index in [0.29, 0.717) is 19.3 Å². The summed E-state index contributed by atoms with van der Waals surface area (Å²) in [7, 11) is 0. The Morgan fingerprint density at radius 1 is 0.263 bits per heavy atom. The number of carbonyl (C=O) groups excluding carboxylic acids is 3. The van der Waals surface area contributed by atoms with E-state index in [-0.39, 0.29) is 31.1 Å². The maximum Gasteiger partial charge on any atom is 0.306 e. The first-order valence-corrected chi connectivity index (χ1v) is 34.0. The molecule has 0 bridgehead atoms. The summed E-state index contributed by atoms with van der Waals surface area (Å²) in [5.41, 5.74) is 0. The molecule has 6 nitrogen and oxygen atoms in total. The van der Waals surface area contributed by atoms with Crippen molar-refractivity contribution >= 4 is 17.9 Å². The largest absolute Gasteiger partial charge is 0.462 e. The van der Waals surface area contributed by atoms with E-state index in [1.165, 1.54) is 231 Å². The SMILES string of the molecule is CCC/C=C\C/C=C\CCCCCCCC(=O)OC(COC(=O)CCCCCCC/C=C\CCC)COC(=O)CCCCCCCCCCCCCCCCCCCCCCCCCCCCCCCCCCCCC. The Labute approximate surface area is 474 Å². The molecular weight excluding hydrogens is 937 g/mol. The van der Waals surface area contributed by atoms with Crippen LogP contribution in [0.5, 0.6) is 0 Å². The van der Waals surface area contributed by atoms with Crippen molar-refractivity contribution in [1.82, 2.24) is 0 Å². The van der Waals surface area contributed by atoms with Gasteiger partial charge in [-0.3, -0.25) is 14.4 Å². The fourth-order valence-corrected chi connectivity index (χ4v) is 10.3. The number of unbranched alkanes of at least 4 members (excludes halogenated alkanes) is 46. The molecule has 0 saturated heterocycles. The number of ether oxygens (including phenoxy) is 3. The lowest BCUT2D eigenvalue weighted by Gasteiger charge is -2.18. The highest BCUT2D eigenvalue weighted by Gasteiger charge is 2.19. The van der Waals surface area contributed by atoms with E-state index in [1.807, 2.05) is 0 Å². The summed E-state index contributed by atoms with van der Waals surface area (Å²) >= 11 is 0. The molecule has 0 fully saturated rings. The zero-order chi connectivity index (χ0) is 55.0. The number of hydrogen-bond acceptors (Lipinski definition) is 6. The molecule has 0 aromatic rings. The van der Waals surface area contributed by atoms with Gasteiger partial charge in [-0.05, 0) is 64.2 Å². The van der Waals surface area contributed by atoms with Gasteiger partial charge in [0.15, 0.2) is 6.10 Å². The molecule has 0 radical (unpaired) electrons. The van der Waals surface area contributed by atoms with E-state index in [0.717, 1.165) is 103 Å². The lowest BCUT2D eigenvalue weighted by atomic mass is 10.0. The third-order valence-electron chi connectivity index (χ3n) is 15.3. The molecule has 0 aliphatic rings. The van der Waals surface area contributed by atoms with Crippen molar-refractivity contribution in [2.24, 2.45) is 0 Å². The highest BCUT2D eigenvalue weighted by molar-refractivity contribution is 5.71. The van der Waals surface area contributed by atoms with Crippen LogP contribution in [0.3, 0.4) is 0 Å². The molecule has 1 unspecified atom stereocenters. The second-order valence-electron chi connectivity index (χ2n) is 23.1. The van der Waals surface area contributed by atoms with Gasteiger partial charge in [0, 0.05) is 19.3 Å². The third-order valence-corrected chi connectivity index (χ3v) is 15.3. The smallest absolute Gasteiger partial charge is 0.306 e. The lowest BCUT2D eigenvalue weighted by Crippen LogP contribution is -2.30. The van der Waals surface area contributed by atoms with Gasteiger partial charge in [-0.15, -0.1) is 0 Å². The highest BCUT2D eigenvalue weighted by atomic mass is 16.6. The minimum Gasteiger partial charge on any atom is -0.462 e. The molecule has 1 atom stereocenters. The Morgan fingerprint density at radius 2 is 0.500 bits per heavy atom. The van der Waals surface area contributed by atoms with Crippen LogP contribution in [0, 0.1) is 0 Å². The molecule has 0 spiro atoms. The third kappa shape index (κ3) is 62.5. The molecule has 0 aliphatic carbocycles. The average Bonchev–Trinajstić information content (AvgIpc) is 3.42. The first-order valence-electron chi connectivity index (χ1n) is 34.0. The van der Waals surface area contributed by atoms with Crippen LogP contribution in [0.4, 0.5) is 0 Å². The van der Waals surface area contributed by atoms with Crippen molar-refractivity contribution in [1.29, 1.82) is 0 Å². The summed E-state index contributed by atoms with van der Waals surface area (Å²) in [6.07, 6.45) is 80.7. The second-order valence-corrected chi connectivity index (χ2v) is 23.1. The number of hydrogen-bond donors (Lipinski definition) is 0. The number of rotatable bonds is 63. The van der Waals surface area contributed by atoms with E-state index >= 15 is 0 Å². The Kier molecular flexibility index (Phi) is 63.1. The van der Waals surface area contributed by atoms with Crippen LogP contribution in [0.1, 0.15) is 374 Å². The van der Waals surface area contributed by atoms with Crippen molar-refractivity contribution in [3.63, 3.8) is 0 Å². The van der Waals surface area contributed by atoms with Gasteiger partial charge in [0.2, 0.25) is 0 Å². The molecule has 0 aromatic carbocycles. The van der Waals surface area contributed by atoms with Gasteiger partial charge in [0.05, 0.1) is 0 Å². The molecule has 0 saturated carbocycles. The Hall–Kier alpha value is -2.37. The quantitative estimate of drug-likeness (QED) is 0.0261. The lowest BCUT2D eigenvalue weighted by molar-refractivity contribution is -0.167. The van der Waals surface area contributed by atoms with Gasteiger partial charge in [-0.1, -0.05) is 327 Å². The fourth-order valence-electron chi connectivity index (χ4n) is 10.3. The summed E-state index contributed by atoms with van der Waals surface area (Å²) in [5, 5.41) is 0. The average molecular weight is 1070 g/mol. The maximum absolute atomic E-state index is 12.8. The monoisotopic (exact) mass is 1070 g/mol. The van der Waals surface area contributed by atoms with Crippen molar-refractivity contribution in [3.05, 3.63) is 36.5 Å². The van der Waals surface area contributed by atoms with E-state index in [1.54, 1.807) is 0 Å². The Balaban J connectivity index is 3.94. The van der Waals surface area contributed by atoms with Crippen LogP contribution in [-0.4, -0.2) is 37.2 Å². The van der Waals surface area contributed by atoms with Crippen molar-refractivity contribution in [2.45, 2.75) is 380 Å². The van der Waals surface area contributed by atoms with Gasteiger partial charge in [0.25, 0.3) is 0 Å². The molecule has 0 amide bonds. The first kappa shape index (κ1) is 73.6. The standard InChI is InChI=1S/C70H130O6/c1-4-7-10-13-16-19-22-24-25-26-27-28-29-30-31-32-33-34-35-36-37-38-39-40-41-42-43-44-45-47-48-51-54-57-60-63-69(72)75-66-67(65-74-68(71)62-59-56-53-50-21-18-15-12-9-6-3)76-70(73)64-61-58-55-52-49-46-23-20-17-14-11-8-5-2/h11-12,14-15,20,23,67H,4-10,13,16-19,21-22,24-66H2,1-3H3/b14-11-,15-12-,23-20-. The van der Waals surface area contributed by atoms with Crippen LogP contribution in [-0.2, 0) is 28.6 Å². The van der Waals surface area contributed by atoms with Gasteiger partial charge in [0.1, 0.15) is 13.2 Å². The first-order chi connectivity index (χ1) is 37.5. The second kappa shape index (κ2) is 65.2. The van der Waals surface area contributed by atoms with Gasteiger partial charge in [-0.2, -0.15) is 0 Å². The van der Waals surface area contributed by atoms with Crippen LogP contribution in [0.2, 0.25) is 0 Å². The van der Waals surface area contributed by atoms with Gasteiger partial charge >= 0.3 is 17.9 Å². The van der Waals surface area contributed by atoms with E-state index in [4.69, 9.17) is 14.2 Å². The molecule has 446 valence electrons. The maximum atomic E-state index is 12.8. The van der Waals surface area contributed by atoms with Crippen LogP contribution in [0.25, 0.3) is 0 Å². The molecule has 0 aliphatic heterocycles. The summed E-state index contributed by atoms with van der Waals surface area (Å²) in [6, 6.07) is 0. The number of esters is 3. The topological polar surface area (TPSA) is 78.9 Å². The number of allylic oxidation sites excluding steroid dienone is 6. The molecule has 76 heavy (non-hydrogen) atoms. The van der Waals surface area contributed by atoms with Crippen LogP contribution < -0.4 is 0 Å². The Morgan fingerprint density at radius 3 is 0.803 bits per heavy atom. The number of carbonyl (C=O) groups is 3. The predicted octanol–water partition coefficient (Wildman–Crippen LogP) is 23.2. The van der Waals surface area contributed by atoms with E-state index in [9.17, 15) is 14.4 Å². The molecular formula is C70H130O6. The summed E-state index contributed by atoms with van der Waals surface area (Å²) in [4.78, 5) is 38.1. The summed E-state index contributed by atoms with van der Waals surface area (Å²) in [6.45, 7) is 6.54. The van der Waals surface area contributed by atoms with Crippen LogP contribution in [0.15, 0.2) is 36.5 Å². The summed E-state index contributed by atoms with van der Waals surface area (Å²) < 4.78 is 16.8. The molecule has 0 N–H and O–H groups in total. The Bertz CT molecular complexity index is 1270. The van der Waals surface area contributed by atoms with Crippen LogP contribution >= 0.6 is 0 Å². The van der Waals surface area contributed by atoms with Gasteiger partial charge in [-0.25, -0.2) is 0 Å². The van der Waals surface area contributed by atoms with Crippen molar-refractivity contribution in [3.8, 4) is 0 Å². The molecule has 0 rings (SSSR count). The zero-order valence-electron chi connectivity index (χ0n) is 51.3. The highest BCUT2D eigenvalue weighted by Crippen LogP contribution is 2.19. The van der Waals surface area contributed by atoms with E-state index < -0.39 is 6.10 Å². The molecule has 0 aromatic heterocycles. The van der Waals surface area contributed by atoms with E-state index in [2.05, 4.69) is 57.2 Å². The predicted molar refractivity (Wildman–Crippen MR) is 330 cm³/mol. The molecule has 6 heteroatoms. The van der Waals surface area contributed by atoms with Crippen molar-refractivity contribution in [2.75, 3.05) is 13.2 Å². The fraction of sp³-hybridized carbons (Fsp3) is 0.871. The molecule has 0 heterocycles.